The molecule has 0 spiro atoms. The Kier molecular flexibility index (Phi) is 6.16. The molecule has 0 aliphatic heterocycles. The fourth-order valence-corrected chi connectivity index (χ4v) is 2.82. The average molecular weight is 298 g/mol. The second-order valence-electron chi connectivity index (χ2n) is 4.80. The summed E-state index contributed by atoms with van der Waals surface area (Å²) >= 11 is 0. The first kappa shape index (κ1) is 16.7. The summed E-state index contributed by atoms with van der Waals surface area (Å²) in [6.45, 7) is 6.00. The van der Waals surface area contributed by atoms with Crippen molar-refractivity contribution in [3.63, 3.8) is 0 Å². The smallest absolute Gasteiger partial charge is 0.241 e. The molecule has 2 N–H and O–H groups in total. The second kappa shape index (κ2) is 7.40. The molecule has 0 fully saturated rings. The molecule has 0 heterocycles. The molecule has 0 aromatic heterocycles. The highest BCUT2D eigenvalue weighted by Crippen LogP contribution is 2.10. The lowest BCUT2D eigenvalue weighted by molar-refractivity contribution is -0.122. The summed E-state index contributed by atoms with van der Waals surface area (Å²) < 4.78 is 26.6. The normalized spacial score (nSPS) is 12.9. The number of carbonyl (C=O) groups is 1. The minimum absolute atomic E-state index is 0.163. The third kappa shape index (κ3) is 4.94. The van der Waals surface area contributed by atoms with E-state index in [2.05, 4.69) is 10.0 Å². The molecular formula is C14H22N2O3S. The lowest BCUT2D eigenvalue weighted by atomic mass is 10.2. The molecule has 0 saturated heterocycles. The van der Waals surface area contributed by atoms with E-state index in [0.717, 1.165) is 18.4 Å². The van der Waals surface area contributed by atoms with Gasteiger partial charge >= 0.3 is 0 Å². The summed E-state index contributed by atoms with van der Waals surface area (Å²) in [5.41, 5.74) is 0.981. The number of hydrogen-bond donors (Lipinski definition) is 2. The van der Waals surface area contributed by atoms with E-state index in [9.17, 15) is 13.2 Å². The molecule has 0 radical (unpaired) electrons. The first-order valence-electron chi connectivity index (χ1n) is 6.73. The minimum Gasteiger partial charge on any atom is -0.355 e. The van der Waals surface area contributed by atoms with Crippen molar-refractivity contribution in [3.05, 3.63) is 29.8 Å². The van der Waals surface area contributed by atoms with Gasteiger partial charge in [-0.15, -0.1) is 0 Å². The molecule has 6 heteroatoms. The van der Waals surface area contributed by atoms with Crippen molar-refractivity contribution in [2.24, 2.45) is 0 Å². The third-order valence-electron chi connectivity index (χ3n) is 2.89. The summed E-state index contributed by atoms with van der Waals surface area (Å²) in [6, 6.07) is 5.71. The molecule has 1 aromatic carbocycles. The number of sulfonamides is 1. The first-order chi connectivity index (χ1) is 9.36. The summed E-state index contributed by atoms with van der Waals surface area (Å²) in [5, 5.41) is 2.70. The molecule has 112 valence electrons. The first-order valence-corrected chi connectivity index (χ1v) is 8.22. The number of amides is 1. The quantitative estimate of drug-likeness (QED) is 0.750. The van der Waals surface area contributed by atoms with Crippen LogP contribution in [0, 0.1) is 6.92 Å². The molecule has 0 saturated carbocycles. The van der Waals surface area contributed by atoms with Crippen LogP contribution >= 0.6 is 0 Å². The van der Waals surface area contributed by atoms with Gasteiger partial charge in [0.05, 0.1) is 10.9 Å². The number of aryl methyl sites for hydroxylation is 1. The Balaban J connectivity index is 2.66. The molecule has 1 rings (SSSR count). The highest BCUT2D eigenvalue weighted by atomic mass is 32.2. The van der Waals surface area contributed by atoms with Gasteiger partial charge in [0.25, 0.3) is 0 Å². The van der Waals surface area contributed by atoms with Gasteiger partial charge in [-0.2, -0.15) is 4.72 Å². The highest BCUT2D eigenvalue weighted by Gasteiger charge is 2.21. The van der Waals surface area contributed by atoms with Crippen LogP contribution in [-0.4, -0.2) is 26.9 Å². The van der Waals surface area contributed by atoms with Gasteiger partial charge in [0.2, 0.25) is 15.9 Å². The second-order valence-corrected chi connectivity index (χ2v) is 6.51. The van der Waals surface area contributed by atoms with Crippen LogP contribution in [0.4, 0.5) is 0 Å². The zero-order valence-electron chi connectivity index (χ0n) is 12.1. The van der Waals surface area contributed by atoms with E-state index < -0.39 is 16.1 Å². The van der Waals surface area contributed by atoms with Crippen molar-refractivity contribution < 1.29 is 13.2 Å². The standard InChI is InChI=1S/C14H22N2O3S/c1-4-5-10-15-14(17)12(3)16-20(18,19)13-8-6-11(2)7-9-13/h6-9,12,16H,4-5,10H2,1-3H3,(H,15,17)/t12-/m1/s1. The largest absolute Gasteiger partial charge is 0.355 e. The fourth-order valence-electron chi connectivity index (χ4n) is 1.61. The number of benzene rings is 1. The van der Waals surface area contributed by atoms with Crippen LogP contribution in [-0.2, 0) is 14.8 Å². The van der Waals surface area contributed by atoms with Crippen LogP contribution in [0.1, 0.15) is 32.3 Å². The molecule has 0 bridgehead atoms. The van der Waals surface area contributed by atoms with Crippen molar-refractivity contribution in [3.8, 4) is 0 Å². The zero-order valence-corrected chi connectivity index (χ0v) is 13.0. The maximum absolute atomic E-state index is 12.1. The number of carbonyl (C=O) groups excluding carboxylic acids is 1. The molecule has 20 heavy (non-hydrogen) atoms. The predicted molar refractivity (Wildman–Crippen MR) is 78.9 cm³/mol. The van der Waals surface area contributed by atoms with E-state index in [1.165, 1.54) is 19.1 Å². The molecule has 0 aliphatic rings. The van der Waals surface area contributed by atoms with Crippen molar-refractivity contribution in [2.75, 3.05) is 6.54 Å². The monoisotopic (exact) mass is 298 g/mol. The van der Waals surface area contributed by atoms with E-state index >= 15 is 0 Å². The van der Waals surface area contributed by atoms with E-state index in [0.29, 0.717) is 6.54 Å². The molecule has 0 unspecified atom stereocenters. The van der Waals surface area contributed by atoms with E-state index in [1.807, 2.05) is 13.8 Å². The van der Waals surface area contributed by atoms with Crippen LogP contribution in [0.3, 0.4) is 0 Å². The van der Waals surface area contributed by atoms with Gasteiger partial charge in [0, 0.05) is 6.54 Å². The zero-order chi connectivity index (χ0) is 15.2. The number of unbranched alkanes of at least 4 members (excludes halogenated alkanes) is 1. The van der Waals surface area contributed by atoms with Gasteiger partial charge in [-0.05, 0) is 32.4 Å². The molecule has 1 amide bonds. The molecule has 0 aliphatic carbocycles. The van der Waals surface area contributed by atoms with Crippen molar-refractivity contribution in [2.45, 2.75) is 44.6 Å². The highest BCUT2D eigenvalue weighted by molar-refractivity contribution is 7.89. The number of nitrogens with one attached hydrogen (secondary N) is 2. The lowest BCUT2D eigenvalue weighted by Crippen LogP contribution is -2.44. The molecular weight excluding hydrogens is 276 g/mol. The SMILES string of the molecule is CCCCNC(=O)[C@@H](C)NS(=O)(=O)c1ccc(C)cc1. The fraction of sp³-hybridized carbons (Fsp3) is 0.500. The van der Waals surface area contributed by atoms with Crippen LogP contribution in [0.15, 0.2) is 29.2 Å². The maximum atomic E-state index is 12.1. The van der Waals surface area contributed by atoms with Crippen molar-refractivity contribution in [1.82, 2.24) is 10.0 Å². The Bertz CT molecular complexity index is 538. The van der Waals surface area contributed by atoms with E-state index in [4.69, 9.17) is 0 Å². The van der Waals surface area contributed by atoms with E-state index in [1.54, 1.807) is 12.1 Å². The van der Waals surface area contributed by atoms with Gasteiger partial charge in [-0.25, -0.2) is 8.42 Å². The minimum atomic E-state index is -3.66. The van der Waals surface area contributed by atoms with Crippen molar-refractivity contribution in [1.29, 1.82) is 0 Å². The van der Waals surface area contributed by atoms with Gasteiger partial charge < -0.3 is 5.32 Å². The summed E-state index contributed by atoms with van der Waals surface area (Å²) in [4.78, 5) is 11.9. The third-order valence-corrected chi connectivity index (χ3v) is 4.44. The van der Waals surface area contributed by atoms with Crippen LogP contribution in [0.2, 0.25) is 0 Å². The van der Waals surface area contributed by atoms with Gasteiger partial charge in [0.15, 0.2) is 0 Å². The number of rotatable bonds is 7. The molecule has 1 aromatic rings. The average Bonchev–Trinajstić information content (AvgIpc) is 2.38. The van der Waals surface area contributed by atoms with Crippen LogP contribution in [0.25, 0.3) is 0 Å². The Hall–Kier alpha value is -1.40. The maximum Gasteiger partial charge on any atom is 0.241 e. The summed E-state index contributed by atoms with van der Waals surface area (Å²) in [7, 11) is -3.66. The summed E-state index contributed by atoms with van der Waals surface area (Å²) in [5.74, 6) is -0.311. The van der Waals surface area contributed by atoms with Gasteiger partial charge in [0.1, 0.15) is 0 Å². The Labute approximate surface area is 120 Å². The Morgan fingerprint density at radius 3 is 2.40 bits per heavy atom. The topological polar surface area (TPSA) is 75.3 Å². The van der Waals surface area contributed by atoms with Gasteiger partial charge in [-0.3, -0.25) is 4.79 Å². The lowest BCUT2D eigenvalue weighted by Gasteiger charge is -2.14. The van der Waals surface area contributed by atoms with Crippen LogP contribution < -0.4 is 10.0 Å². The number of hydrogen-bond acceptors (Lipinski definition) is 3. The molecule has 5 nitrogen and oxygen atoms in total. The van der Waals surface area contributed by atoms with Gasteiger partial charge in [-0.1, -0.05) is 31.0 Å². The van der Waals surface area contributed by atoms with Crippen molar-refractivity contribution >= 4 is 15.9 Å². The predicted octanol–water partition coefficient (Wildman–Crippen LogP) is 1.58. The summed E-state index contributed by atoms with van der Waals surface area (Å²) in [6.07, 6.45) is 1.85. The molecule has 1 atom stereocenters. The Morgan fingerprint density at radius 2 is 1.85 bits per heavy atom. The van der Waals surface area contributed by atoms with Crippen LogP contribution in [0.5, 0.6) is 0 Å². The Morgan fingerprint density at radius 1 is 1.25 bits per heavy atom. The van der Waals surface area contributed by atoms with E-state index in [-0.39, 0.29) is 10.8 Å².